The third-order valence-electron chi connectivity index (χ3n) is 4.97. The van der Waals surface area contributed by atoms with Crippen molar-refractivity contribution in [3.8, 4) is 0 Å². The molecule has 5 nitrogen and oxygen atoms in total. The summed E-state index contributed by atoms with van der Waals surface area (Å²) in [5.41, 5.74) is 1.50. The van der Waals surface area contributed by atoms with Gasteiger partial charge in [-0.15, -0.1) is 11.3 Å². The van der Waals surface area contributed by atoms with Crippen molar-refractivity contribution in [1.29, 1.82) is 0 Å². The van der Waals surface area contributed by atoms with Gasteiger partial charge in [-0.3, -0.25) is 14.5 Å². The van der Waals surface area contributed by atoms with E-state index in [1.165, 1.54) is 40.5 Å². The van der Waals surface area contributed by atoms with Gasteiger partial charge >= 0.3 is 5.91 Å². The topological polar surface area (TPSA) is 70.5 Å². The van der Waals surface area contributed by atoms with Gasteiger partial charge in [-0.25, -0.2) is 9.37 Å². The minimum Gasteiger partial charge on any atom is -0.507 e. The van der Waals surface area contributed by atoms with Crippen LogP contribution in [0.15, 0.2) is 54.1 Å². The average Bonchev–Trinajstić information content (AvgIpc) is 3.18. The number of nitrogens with zero attached hydrogens (tertiary/aromatic N) is 2. The summed E-state index contributed by atoms with van der Waals surface area (Å²) in [7, 11) is 0. The monoisotopic (exact) mass is 442 g/mol. The molecular weight excluding hydrogens is 427 g/mol. The number of benzene rings is 2. The Hall–Kier alpha value is -3.03. The van der Waals surface area contributed by atoms with Crippen LogP contribution >= 0.6 is 22.9 Å². The van der Waals surface area contributed by atoms with E-state index in [4.69, 9.17) is 11.6 Å². The van der Waals surface area contributed by atoms with Gasteiger partial charge in [0.1, 0.15) is 11.6 Å². The Morgan fingerprint density at radius 1 is 1.10 bits per heavy atom. The van der Waals surface area contributed by atoms with Crippen LogP contribution in [0.1, 0.15) is 27.7 Å². The molecule has 152 valence electrons. The average molecular weight is 443 g/mol. The normalized spacial score (nSPS) is 18.3. The van der Waals surface area contributed by atoms with Crippen molar-refractivity contribution < 1.29 is 19.1 Å². The Morgan fingerprint density at radius 3 is 2.30 bits per heavy atom. The lowest BCUT2D eigenvalue weighted by Crippen LogP contribution is -2.29. The highest BCUT2D eigenvalue weighted by Gasteiger charge is 2.48. The molecule has 1 atom stereocenters. The molecule has 0 radical (unpaired) electrons. The third-order valence-corrected chi connectivity index (χ3v) is 6.30. The second-order valence-corrected chi connectivity index (χ2v) is 8.48. The van der Waals surface area contributed by atoms with Crippen molar-refractivity contribution in [3.63, 3.8) is 0 Å². The van der Waals surface area contributed by atoms with E-state index in [-0.39, 0.29) is 16.9 Å². The number of aromatic nitrogens is 1. The number of hydrogen-bond acceptors (Lipinski definition) is 5. The summed E-state index contributed by atoms with van der Waals surface area (Å²) in [6, 6.07) is 10.8. The highest BCUT2D eigenvalue weighted by Crippen LogP contribution is 2.43. The fourth-order valence-electron chi connectivity index (χ4n) is 3.31. The Balaban J connectivity index is 1.94. The van der Waals surface area contributed by atoms with Crippen LogP contribution < -0.4 is 4.90 Å². The highest BCUT2D eigenvalue weighted by molar-refractivity contribution is 7.16. The fourth-order valence-corrected chi connectivity index (χ4v) is 4.37. The number of amides is 1. The molecule has 4 rings (SSSR count). The maximum Gasteiger partial charge on any atom is 0.301 e. The fraction of sp³-hybridized carbons (Fsp3) is 0.136. The first-order chi connectivity index (χ1) is 14.3. The first kappa shape index (κ1) is 20.3. The number of carbonyl (C=O) groups is 2. The summed E-state index contributed by atoms with van der Waals surface area (Å²) < 4.78 is 13.3. The summed E-state index contributed by atoms with van der Waals surface area (Å²) in [4.78, 5) is 32.6. The maximum atomic E-state index is 13.3. The van der Waals surface area contributed by atoms with E-state index in [0.29, 0.717) is 15.7 Å². The molecule has 1 amide bonds. The van der Waals surface area contributed by atoms with Crippen LogP contribution in [0.25, 0.3) is 5.76 Å². The number of ketones is 1. The van der Waals surface area contributed by atoms with Gasteiger partial charge in [-0.2, -0.15) is 0 Å². The van der Waals surface area contributed by atoms with Gasteiger partial charge in [0.2, 0.25) is 0 Å². The molecule has 1 unspecified atom stereocenters. The van der Waals surface area contributed by atoms with Crippen molar-refractivity contribution in [3.05, 3.63) is 86.6 Å². The third kappa shape index (κ3) is 3.40. The second kappa shape index (κ2) is 7.66. The predicted molar refractivity (Wildman–Crippen MR) is 114 cm³/mol. The molecule has 0 saturated carbocycles. The summed E-state index contributed by atoms with van der Waals surface area (Å²) in [6.45, 7) is 3.70. The molecule has 8 heteroatoms. The minimum absolute atomic E-state index is 0.0839. The lowest BCUT2D eigenvalue weighted by molar-refractivity contribution is -0.132. The number of aliphatic hydroxyl groups excluding tert-OH is 1. The Morgan fingerprint density at radius 2 is 1.73 bits per heavy atom. The van der Waals surface area contributed by atoms with Crippen LogP contribution in [0, 0.1) is 19.7 Å². The molecule has 0 aliphatic carbocycles. The molecule has 1 N–H and O–H groups in total. The number of hydrogen-bond donors (Lipinski definition) is 1. The largest absolute Gasteiger partial charge is 0.507 e. The first-order valence-corrected chi connectivity index (χ1v) is 10.2. The number of halogens is 2. The number of carbonyl (C=O) groups excluding carboxylic acids is 2. The van der Waals surface area contributed by atoms with Gasteiger partial charge in [0.15, 0.2) is 5.13 Å². The van der Waals surface area contributed by atoms with Gasteiger partial charge in [-0.1, -0.05) is 23.7 Å². The Kier molecular flexibility index (Phi) is 5.17. The number of thiazole rings is 1. The molecule has 2 aromatic carbocycles. The van der Waals surface area contributed by atoms with Gasteiger partial charge in [0.25, 0.3) is 5.78 Å². The van der Waals surface area contributed by atoms with Crippen LogP contribution in [-0.2, 0) is 9.59 Å². The SMILES string of the molecule is Cc1nc(N2C(=O)C(=O)C(=C(O)c3ccc(F)cc3)C2c2ccc(Cl)cc2)sc1C. The molecule has 2 heterocycles. The molecule has 0 spiro atoms. The predicted octanol–water partition coefficient (Wildman–Crippen LogP) is 5.18. The number of aryl methyl sites for hydroxylation is 2. The molecule has 1 fully saturated rings. The van der Waals surface area contributed by atoms with E-state index in [0.717, 1.165) is 10.6 Å². The standard InChI is InChI=1S/C22H16ClFN2O3S/c1-11-12(2)30-22(25-11)26-18(13-3-7-15(23)8-4-13)17(20(28)21(26)29)19(27)14-5-9-16(24)10-6-14/h3-10,18,27H,1-2H3. The van der Waals surface area contributed by atoms with E-state index in [1.807, 2.05) is 13.8 Å². The number of aliphatic hydroxyl groups is 1. The molecule has 1 aliphatic heterocycles. The van der Waals surface area contributed by atoms with Gasteiger partial charge < -0.3 is 5.11 Å². The molecular formula is C22H16ClFN2O3S. The van der Waals surface area contributed by atoms with Crippen molar-refractivity contribution >= 4 is 45.5 Å². The van der Waals surface area contributed by atoms with Crippen LogP contribution in [0.5, 0.6) is 0 Å². The smallest absolute Gasteiger partial charge is 0.301 e. The van der Waals surface area contributed by atoms with Crippen LogP contribution in [0.2, 0.25) is 5.02 Å². The second-order valence-electron chi connectivity index (χ2n) is 6.87. The summed E-state index contributed by atoms with van der Waals surface area (Å²) in [5.74, 6) is -2.47. The van der Waals surface area contributed by atoms with Crippen LogP contribution in [0.3, 0.4) is 0 Å². The van der Waals surface area contributed by atoms with Gasteiger partial charge in [0, 0.05) is 15.5 Å². The lowest BCUT2D eigenvalue weighted by atomic mass is 9.95. The van der Waals surface area contributed by atoms with Crippen molar-refractivity contribution in [2.75, 3.05) is 4.90 Å². The van der Waals surface area contributed by atoms with E-state index in [9.17, 15) is 19.1 Å². The van der Waals surface area contributed by atoms with E-state index in [2.05, 4.69) is 4.98 Å². The molecule has 1 aromatic heterocycles. The number of Topliss-reactive ketones (excluding diaryl/α,β-unsaturated/α-hetero) is 1. The quantitative estimate of drug-likeness (QED) is 0.344. The summed E-state index contributed by atoms with van der Waals surface area (Å²) in [6.07, 6.45) is 0. The maximum absolute atomic E-state index is 13.3. The van der Waals surface area contributed by atoms with Gasteiger partial charge in [0.05, 0.1) is 17.3 Å². The van der Waals surface area contributed by atoms with Crippen LogP contribution in [0.4, 0.5) is 9.52 Å². The minimum atomic E-state index is -0.891. The Labute approximate surface area is 181 Å². The molecule has 30 heavy (non-hydrogen) atoms. The lowest BCUT2D eigenvalue weighted by Gasteiger charge is -2.23. The molecule has 0 bridgehead atoms. The zero-order valence-corrected chi connectivity index (χ0v) is 17.6. The number of anilines is 1. The highest BCUT2D eigenvalue weighted by atomic mass is 35.5. The zero-order valence-electron chi connectivity index (χ0n) is 16.0. The summed E-state index contributed by atoms with van der Waals surface area (Å²) in [5, 5.41) is 11.8. The van der Waals surface area contributed by atoms with Crippen molar-refractivity contribution in [2.24, 2.45) is 0 Å². The molecule has 1 saturated heterocycles. The molecule has 1 aliphatic rings. The molecule has 3 aromatic rings. The van der Waals surface area contributed by atoms with Gasteiger partial charge in [-0.05, 0) is 55.8 Å². The first-order valence-electron chi connectivity index (χ1n) is 9.04. The van der Waals surface area contributed by atoms with E-state index in [1.54, 1.807) is 24.3 Å². The zero-order chi connectivity index (χ0) is 21.6. The Bertz CT molecular complexity index is 1170. The summed E-state index contributed by atoms with van der Waals surface area (Å²) >= 11 is 7.30. The number of rotatable bonds is 3. The van der Waals surface area contributed by atoms with E-state index >= 15 is 0 Å². The van der Waals surface area contributed by atoms with Crippen LogP contribution in [-0.4, -0.2) is 21.8 Å². The van der Waals surface area contributed by atoms with Crippen molar-refractivity contribution in [1.82, 2.24) is 4.98 Å². The van der Waals surface area contributed by atoms with E-state index < -0.39 is 23.5 Å². The van der Waals surface area contributed by atoms with Crippen molar-refractivity contribution in [2.45, 2.75) is 19.9 Å².